The second-order valence-corrected chi connectivity index (χ2v) is 5.92. The van der Waals surface area contributed by atoms with Crippen LogP contribution in [0.5, 0.6) is 0 Å². The lowest BCUT2D eigenvalue weighted by atomic mass is 9.81. The van der Waals surface area contributed by atoms with Gasteiger partial charge in [-0.15, -0.1) is 0 Å². The molecule has 3 rings (SSSR count). The highest BCUT2D eigenvalue weighted by atomic mass is 16.5. The van der Waals surface area contributed by atoms with E-state index >= 15 is 0 Å². The summed E-state index contributed by atoms with van der Waals surface area (Å²) < 4.78 is 5.37. The molecule has 1 aromatic carbocycles. The molecule has 1 aliphatic carbocycles. The molecule has 1 fully saturated rings. The van der Waals surface area contributed by atoms with Gasteiger partial charge in [-0.05, 0) is 49.3 Å². The van der Waals surface area contributed by atoms with Gasteiger partial charge in [-0.2, -0.15) is 0 Å². The number of ether oxygens (including phenoxy) is 1. The number of para-hydroxylation sites is 1. The Kier molecular flexibility index (Phi) is 3.76. The fourth-order valence-electron chi connectivity index (χ4n) is 3.47. The Morgan fingerprint density at radius 1 is 1.32 bits per heavy atom. The summed E-state index contributed by atoms with van der Waals surface area (Å²) in [4.78, 5) is 2.55. The van der Waals surface area contributed by atoms with Crippen molar-refractivity contribution in [1.82, 2.24) is 0 Å². The highest BCUT2D eigenvalue weighted by Gasteiger charge is 2.32. The molecule has 0 radical (unpaired) electrons. The van der Waals surface area contributed by atoms with Crippen molar-refractivity contribution < 1.29 is 4.74 Å². The highest BCUT2D eigenvalue weighted by molar-refractivity contribution is 5.57. The monoisotopic (exact) mass is 260 g/mol. The summed E-state index contributed by atoms with van der Waals surface area (Å²) in [5.41, 5.74) is 8.75. The Morgan fingerprint density at radius 2 is 2.11 bits per heavy atom. The third-order valence-corrected chi connectivity index (χ3v) is 4.75. The van der Waals surface area contributed by atoms with E-state index in [9.17, 15) is 0 Å². The molecule has 0 spiro atoms. The Morgan fingerprint density at radius 3 is 2.84 bits per heavy atom. The molecule has 104 valence electrons. The minimum Gasteiger partial charge on any atom is -0.381 e. The van der Waals surface area contributed by atoms with E-state index in [1.807, 2.05) is 7.11 Å². The molecule has 1 atom stereocenters. The van der Waals surface area contributed by atoms with Gasteiger partial charge >= 0.3 is 0 Å². The molecule has 2 N–H and O–H groups in total. The summed E-state index contributed by atoms with van der Waals surface area (Å²) in [6.45, 7) is 3.08. The molecular weight excluding hydrogens is 236 g/mol. The van der Waals surface area contributed by atoms with Crippen LogP contribution in [0.15, 0.2) is 24.3 Å². The van der Waals surface area contributed by atoms with Crippen molar-refractivity contribution in [2.75, 3.05) is 31.6 Å². The van der Waals surface area contributed by atoms with E-state index < -0.39 is 0 Å². The van der Waals surface area contributed by atoms with Crippen LogP contribution < -0.4 is 10.6 Å². The second-order valence-electron chi connectivity index (χ2n) is 5.92. The molecule has 1 aromatic rings. The number of benzene rings is 1. The van der Waals surface area contributed by atoms with Crippen molar-refractivity contribution >= 4 is 5.69 Å². The molecule has 1 unspecified atom stereocenters. The van der Waals surface area contributed by atoms with Crippen molar-refractivity contribution in [3.63, 3.8) is 0 Å². The zero-order valence-electron chi connectivity index (χ0n) is 11.7. The summed E-state index contributed by atoms with van der Waals surface area (Å²) in [6, 6.07) is 8.78. The number of anilines is 1. The van der Waals surface area contributed by atoms with Crippen LogP contribution in [-0.2, 0) is 4.74 Å². The van der Waals surface area contributed by atoms with Crippen LogP contribution in [0.3, 0.4) is 0 Å². The van der Waals surface area contributed by atoms with Crippen LogP contribution in [-0.4, -0.2) is 32.8 Å². The minimum atomic E-state index is 0.502. The largest absolute Gasteiger partial charge is 0.381 e. The molecule has 2 aliphatic rings. The molecule has 1 saturated carbocycles. The topological polar surface area (TPSA) is 38.5 Å². The lowest BCUT2D eigenvalue weighted by Gasteiger charge is -2.42. The first-order chi connectivity index (χ1) is 9.31. The summed E-state index contributed by atoms with van der Waals surface area (Å²) in [6.07, 6.45) is 4.13. The molecule has 0 bridgehead atoms. The van der Waals surface area contributed by atoms with Gasteiger partial charge in [0.05, 0.1) is 6.10 Å². The normalized spacial score (nSPS) is 29.8. The van der Waals surface area contributed by atoms with Gasteiger partial charge in [-0.25, -0.2) is 0 Å². The number of nitrogens with two attached hydrogens (primary N) is 1. The number of methoxy groups -OCH3 is 1. The number of hydrogen-bond donors (Lipinski definition) is 1. The first kappa shape index (κ1) is 12.9. The van der Waals surface area contributed by atoms with Gasteiger partial charge in [0.15, 0.2) is 0 Å². The Labute approximate surface area is 115 Å². The van der Waals surface area contributed by atoms with Crippen LogP contribution >= 0.6 is 0 Å². The predicted molar refractivity (Wildman–Crippen MR) is 78.6 cm³/mol. The molecule has 0 aromatic heterocycles. The smallest absolute Gasteiger partial charge is 0.0578 e. The lowest BCUT2D eigenvalue weighted by molar-refractivity contribution is 0.00361. The number of fused-ring (bicyclic) bond motifs is 1. The molecular formula is C16H24N2O. The zero-order chi connectivity index (χ0) is 13.2. The van der Waals surface area contributed by atoms with Gasteiger partial charge in [0.1, 0.15) is 0 Å². The molecule has 3 heteroatoms. The predicted octanol–water partition coefficient (Wildman–Crippen LogP) is 2.36. The Bertz CT molecular complexity index is 429. The summed E-state index contributed by atoms with van der Waals surface area (Å²) in [5.74, 6) is 1.34. The van der Waals surface area contributed by atoms with Crippen molar-refractivity contribution in [2.45, 2.75) is 31.3 Å². The average Bonchev–Trinajstić information content (AvgIpc) is 2.42. The fourth-order valence-corrected chi connectivity index (χ4v) is 3.47. The summed E-state index contributed by atoms with van der Waals surface area (Å²) in [7, 11) is 1.82. The van der Waals surface area contributed by atoms with E-state index in [2.05, 4.69) is 29.2 Å². The zero-order valence-corrected chi connectivity index (χ0v) is 11.7. The van der Waals surface area contributed by atoms with E-state index in [-0.39, 0.29) is 0 Å². The third-order valence-electron chi connectivity index (χ3n) is 4.75. The van der Waals surface area contributed by atoms with Crippen molar-refractivity contribution in [3.05, 3.63) is 29.8 Å². The van der Waals surface area contributed by atoms with Gasteiger partial charge in [-0.1, -0.05) is 18.2 Å². The maximum atomic E-state index is 5.90. The van der Waals surface area contributed by atoms with E-state index in [4.69, 9.17) is 10.5 Å². The van der Waals surface area contributed by atoms with Gasteiger partial charge < -0.3 is 15.4 Å². The maximum absolute atomic E-state index is 5.90. The maximum Gasteiger partial charge on any atom is 0.0578 e. The lowest BCUT2D eigenvalue weighted by Crippen LogP contribution is -2.42. The van der Waals surface area contributed by atoms with Crippen LogP contribution in [0, 0.1) is 5.92 Å². The fraction of sp³-hybridized carbons (Fsp3) is 0.625. The van der Waals surface area contributed by atoms with E-state index in [1.165, 1.54) is 37.1 Å². The van der Waals surface area contributed by atoms with Crippen molar-refractivity contribution in [1.29, 1.82) is 0 Å². The quantitative estimate of drug-likeness (QED) is 0.903. The van der Waals surface area contributed by atoms with Gasteiger partial charge in [0.25, 0.3) is 0 Å². The van der Waals surface area contributed by atoms with Crippen LogP contribution in [0.4, 0.5) is 5.69 Å². The summed E-state index contributed by atoms with van der Waals surface area (Å²) in [5, 5.41) is 0. The van der Waals surface area contributed by atoms with Crippen LogP contribution in [0.1, 0.15) is 30.7 Å². The van der Waals surface area contributed by atoms with Gasteiger partial charge in [-0.3, -0.25) is 0 Å². The number of nitrogens with zero attached hydrogens (tertiary/aromatic N) is 1. The SMILES string of the molecule is COC1CC(CN2CCC(CN)c3ccccc32)C1. The number of hydrogen-bond acceptors (Lipinski definition) is 3. The molecule has 19 heavy (non-hydrogen) atoms. The van der Waals surface area contributed by atoms with Crippen molar-refractivity contribution in [2.24, 2.45) is 11.7 Å². The number of rotatable bonds is 4. The molecule has 0 amide bonds. The van der Waals surface area contributed by atoms with Gasteiger partial charge in [0, 0.05) is 25.9 Å². The molecule has 3 nitrogen and oxygen atoms in total. The highest BCUT2D eigenvalue weighted by Crippen LogP contribution is 2.37. The molecule has 1 aliphatic heterocycles. The van der Waals surface area contributed by atoms with E-state index in [0.717, 1.165) is 19.0 Å². The third kappa shape index (κ3) is 2.49. The minimum absolute atomic E-state index is 0.502. The second kappa shape index (κ2) is 5.51. The van der Waals surface area contributed by atoms with Gasteiger partial charge in [0.2, 0.25) is 0 Å². The Balaban J connectivity index is 1.70. The summed E-state index contributed by atoms with van der Waals surface area (Å²) >= 11 is 0. The van der Waals surface area contributed by atoms with Crippen LogP contribution in [0.25, 0.3) is 0 Å². The first-order valence-electron chi connectivity index (χ1n) is 7.38. The van der Waals surface area contributed by atoms with E-state index in [1.54, 1.807) is 0 Å². The standard InChI is InChI=1S/C16H24N2O/c1-19-14-8-12(9-14)11-18-7-6-13(10-17)15-4-2-3-5-16(15)18/h2-5,12-14H,6-11,17H2,1H3. The molecule has 0 saturated heterocycles. The molecule has 1 heterocycles. The van der Waals surface area contributed by atoms with E-state index in [0.29, 0.717) is 12.0 Å². The first-order valence-corrected chi connectivity index (χ1v) is 7.38. The Hall–Kier alpha value is -1.06. The average molecular weight is 260 g/mol. The van der Waals surface area contributed by atoms with Crippen LogP contribution in [0.2, 0.25) is 0 Å². The van der Waals surface area contributed by atoms with Crippen molar-refractivity contribution in [3.8, 4) is 0 Å².